The van der Waals surface area contributed by atoms with Gasteiger partial charge in [0, 0.05) is 10.5 Å². The van der Waals surface area contributed by atoms with E-state index in [4.69, 9.17) is 0 Å². The molecule has 98 valence electrons. The van der Waals surface area contributed by atoms with E-state index in [1.165, 1.54) is 12.1 Å². The summed E-state index contributed by atoms with van der Waals surface area (Å²) in [6.45, 7) is 4.28. The first-order valence-corrected chi connectivity index (χ1v) is 6.95. The third-order valence-corrected chi connectivity index (χ3v) is 4.23. The maximum Gasteiger partial charge on any atom is 0.254 e. The van der Waals surface area contributed by atoms with Gasteiger partial charge in [-0.15, -0.1) is 0 Å². The molecule has 0 saturated heterocycles. The van der Waals surface area contributed by atoms with E-state index in [9.17, 15) is 9.18 Å². The van der Waals surface area contributed by atoms with Crippen molar-refractivity contribution in [2.45, 2.75) is 39.2 Å². The Morgan fingerprint density at radius 3 is 2.78 bits per heavy atom. The molecule has 1 saturated carbocycles. The van der Waals surface area contributed by atoms with Crippen molar-refractivity contribution in [1.29, 1.82) is 0 Å². The molecule has 1 aliphatic rings. The van der Waals surface area contributed by atoms with Crippen molar-refractivity contribution in [3.63, 3.8) is 0 Å². The Bertz CT molecular complexity index is 473. The summed E-state index contributed by atoms with van der Waals surface area (Å²) < 4.78 is 14.3. The first-order chi connectivity index (χ1) is 8.40. The normalized spacial score (nSPS) is 21.9. The molecule has 0 heterocycles. The Morgan fingerprint density at radius 1 is 1.50 bits per heavy atom. The molecule has 0 radical (unpaired) electrons. The number of nitrogens with one attached hydrogen (secondary N) is 1. The van der Waals surface area contributed by atoms with Gasteiger partial charge in [0.1, 0.15) is 5.82 Å². The quantitative estimate of drug-likeness (QED) is 0.881. The number of amides is 1. The summed E-state index contributed by atoms with van der Waals surface area (Å²) in [6.07, 6.45) is 3.18. The zero-order valence-electron chi connectivity index (χ0n) is 10.6. The lowest BCUT2D eigenvalue weighted by atomic mass is 9.87. The van der Waals surface area contributed by atoms with Crippen molar-refractivity contribution in [3.05, 3.63) is 34.1 Å². The minimum Gasteiger partial charge on any atom is -0.349 e. The lowest BCUT2D eigenvalue weighted by Gasteiger charge is -2.27. The van der Waals surface area contributed by atoms with Crippen molar-refractivity contribution >= 4 is 21.8 Å². The lowest BCUT2D eigenvalue weighted by molar-refractivity contribution is 0.0906. The molecule has 1 aromatic rings. The molecule has 18 heavy (non-hydrogen) atoms. The van der Waals surface area contributed by atoms with Crippen LogP contribution in [0.15, 0.2) is 22.7 Å². The van der Waals surface area contributed by atoms with E-state index in [0.29, 0.717) is 4.47 Å². The molecule has 1 fully saturated rings. The van der Waals surface area contributed by atoms with Crippen LogP contribution >= 0.6 is 15.9 Å². The van der Waals surface area contributed by atoms with Crippen molar-refractivity contribution < 1.29 is 9.18 Å². The van der Waals surface area contributed by atoms with Gasteiger partial charge < -0.3 is 5.32 Å². The fourth-order valence-electron chi connectivity index (χ4n) is 2.50. The lowest BCUT2D eigenvalue weighted by Crippen LogP contribution is -2.41. The fourth-order valence-corrected chi connectivity index (χ4v) is 2.84. The Labute approximate surface area is 115 Å². The highest BCUT2D eigenvalue weighted by atomic mass is 79.9. The van der Waals surface area contributed by atoms with Crippen LogP contribution in [-0.4, -0.2) is 11.9 Å². The molecule has 2 rings (SSSR count). The fraction of sp³-hybridized carbons (Fsp3) is 0.500. The number of hydrogen-bond acceptors (Lipinski definition) is 1. The predicted molar refractivity (Wildman–Crippen MR) is 73.0 cm³/mol. The maximum atomic E-state index is 13.7. The molecule has 0 bridgehead atoms. The van der Waals surface area contributed by atoms with Gasteiger partial charge >= 0.3 is 0 Å². The highest BCUT2D eigenvalue weighted by Gasteiger charge is 2.35. The average molecular weight is 314 g/mol. The topological polar surface area (TPSA) is 29.1 Å². The summed E-state index contributed by atoms with van der Waals surface area (Å²) in [4.78, 5) is 12.1. The van der Waals surface area contributed by atoms with Gasteiger partial charge in [-0.2, -0.15) is 0 Å². The second-order valence-corrected chi connectivity index (χ2v) is 6.45. The summed E-state index contributed by atoms with van der Waals surface area (Å²) in [5.74, 6) is -0.808. The summed E-state index contributed by atoms with van der Waals surface area (Å²) in [7, 11) is 0. The number of carbonyl (C=O) groups is 1. The van der Waals surface area contributed by atoms with E-state index in [1.807, 2.05) is 0 Å². The number of benzene rings is 1. The molecular weight excluding hydrogens is 297 g/mol. The van der Waals surface area contributed by atoms with E-state index in [2.05, 4.69) is 35.1 Å². The van der Waals surface area contributed by atoms with Crippen LogP contribution in [0.3, 0.4) is 0 Å². The van der Waals surface area contributed by atoms with Gasteiger partial charge in [0.25, 0.3) is 5.91 Å². The molecule has 1 aliphatic carbocycles. The molecule has 0 aromatic heterocycles. The van der Waals surface area contributed by atoms with Crippen LogP contribution in [0.5, 0.6) is 0 Å². The number of rotatable bonds is 2. The molecule has 1 unspecified atom stereocenters. The molecular formula is C14H17BrFNO. The minimum atomic E-state index is -0.488. The third-order valence-electron chi connectivity index (χ3n) is 3.74. The summed E-state index contributed by atoms with van der Waals surface area (Å²) in [5.41, 5.74) is 0.211. The van der Waals surface area contributed by atoms with Gasteiger partial charge in [-0.05, 0) is 36.5 Å². The van der Waals surface area contributed by atoms with Gasteiger partial charge in [0.15, 0.2) is 0 Å². The largest absolute Gasteiger partial charge is 0.349 e. The Kier molecular flexibility index (Phi) is 3.76. The summed E-state index contributed by atoms with van der Waals surface area (Å²) in [6, 6.07) is 4.64. The van der Waals surface area contributed by atoms with Crippen LogP contribution in [0.1, 0.15) is 43.5 Å². The van der Waals surface area contributed by atoms with Crippen LogP contribution in [0.4, 0.5) is 4.39 Å². The van der Waals surface area contributed by atoms with Gasteiger partial charge in [0.2, 0.25) is 0 Å². The second kappa shape index (κ2) is 5.00. The predicted octanol–water partition coefficient (Wildman–Crippen LogP) is 3.90. The van der Waals surface area contributed by atoms with Gasteiger partial charge in [-0.3, -0.25) is 4.79 Å². The summed E-state index contributed by atoms with van der Waals surface area (Å²) >= 11 is 3.18. The van der Waals surface area contributed by atoms with Crippen molar-refractivity contribution in [3.8, 4) is 0 Å². The molecule has 1 N–H and O–H groups in total. The monoisotopic (exact) mass is 313 g/mol. The maximum absolute atomic E-state index is 13.7. The van der Waals surface area contributed by atoms with Crippen LogP contribution in [-0.2, 0) is 0 Å². The number of carbonyl (C=O) groups excluding carboxylic acids is 1. The van der Waals surface area contributed by atoms with Gasteiger partial charge in [-0.1, -0.05) is 36.2 Å². The summed E-state index contributed by atoms with van der Waals surface area (Å²) in [5, 5.41) is 2.95. The highest BCUT2D eigenvalue weighted by Crippen LogP contribution is 2.37. The molecule has 1 amide bonds. The Hall–Kier alpha value is -0.900. The minimum absolute atomic E-state index is 0.0987. The third kappa shape index (κ3) is 2.74. The van der Waals surface area contributed by atoms with Crippen molar-refractivity contribution in [2.75, 3.05) is 0 Å². The Morgan fingerprint density at radius 2 is 2.22 bits per heavy atom. The van der Waals surface area contributed by atoms with Crippen molar-refractivity contribution in [1.82, 2.24) is 5.32 Å². The molecule has 2 nitrogen and oxygen atoms in total. The first kappa shape index (κ1) is 13.5. The molecule has 0 spiro atoms. The van der Waals surface area contributed by atoms with E-state index in [-0.39, 0.29) is 22.9 Å². The SMILES string of the molecule is CC1(C)CCCC1NC(=O)c1ccc(Br)cc1F. The van der Waals surface area contributed by atoms with Crippen LogP contribution in [0.2, 0.25) is 0 Å². The standard InChI is InChI=1S/C14H17BrFNO/c1-14(2)7-3-4-12(14)17-13(18)10-6-5-9(15)8-11(10)16/h5-6,8,12H,3-4,7H2,1-2H3,(H,17,18). The number of halogens is 2. The molecule has 4 heteroatoms. The smallest absolute Gasteiger partial charge is 0.254 e. The average Bonchev–Trinajstić information content (AvgIpc) is 2.58. The zero-order valence-corrected chi connectivity index (χ0v) is 12.2. The van der Waals surface area contributed by atoms with Crippen LogP contribution in [0, 0.1) is 11.2 Å². The number of hydrogen-bond donors (Lipinski definition) is 1. The highest BCUT2D eigenvalue weighted by molar-refractivity contribution is 9.10. The van der Waals surface area contributed by atoms with Crippen LogP contribution < -0.4 is 5.32 Å². The van der Waals surface area contributed by atoms with Gasteiger partial charge in [-0.25, -0.2) is 4.39 Å². The Balaban J connectivity index is 2.13. The van der Waals surface area contributed by atoms with E-state index >= 15 is 0 Å². The molecule has 1 atom stereocenters. The molecule has 0 aliphatic heterocycles. The van der Waals surface area contributed by atoms with Crippen LogP contribution in [0.25, 0.3) is 0 Å². The zero-order chi connectivity index (χ0) is 13.3. The van der Waals surface area contributed by atoms with Crippen molar-refractivity contribution in [2.24, 2.45) is 5.41 Å². The molecule has 1 aromatic carbocycles. The van der Waals surface area contributed by atoms with Gasteiger partial charge in [0.05, 0.1) is 5.56 Å². The van der Waals surface area contributed by atoms with E-state index in [0.717, 1.165) is 19.3 Å². The van der Waals surface area contributed by atoms with E-state index in [1.54, 1.807) is 6.07 Å². The second-order valence-electron chi connectivity index (χ2n) is 5.53. The first-order valence-electron chi connectivity index (χ1n) is 6.16. The van der Waals surface area contributed by atoms with E-state index < -0.39 is 5.82 Å².